The number of benzene rings is 1. The summed E-state index contributed by atoms with van der Waals surface area (Å²) in [4.78, 5) is 40.9. The van der Waals surface area contributed by atoms with Crippen LogP contribution in [0, 0.1) is 16.7 Å². The molecule has 3 aliphatic rings. The van der Waals surface area contributed by atoms with Gasteiger partial charge >= 0.3 is 11.4 Å². The van der Waals surface area contributed by atoms with E-state index < -0.39 is 115 Å². The number of alkyl halides is 5. The highest BCUT2D eigenvalue weighted by molar-refractivity contribution is 7.95. The highest BCUT2D eigenvalue weighted by Gasteiger charge is 2.80. The molecule has 0 saturated heterocycles. The number of ketones is 2. The molecule has 19 heteroatoms. The summed E-state index contributed by atoms with van der Waals surface area (Å²) in [5, 5.41) is 49.5. The summed E-state index contributed by atoms with van der Waals surface area (Å²) in [6.07, 6.45) is -11.5. The van der Waals surface area contributed by atoms with E-state index >= 15 is 0 Å². The number of aliphatic hydroxyl groups excluding tert-OH is 3. The molecule has 43 heavy (non-hydrogen) atoms. The molecule has 13 nitrogen and oxygen atoms in total. The number of Topliss-reactive ketones (excluding diaryl/α,β-unsaturated/α-hetero) is 2. The number of hydrogen-bond acceptors (Lipinski definition) is 13. The molecule has 0 radical (unpaired) electrons. The Bertz CT molecular complexity index is 1580. The average molecular weight is 636 g/mol. The molecule has 0 spiro atoms. The van der Waals surface area contributed by atoms with Gasteiger partial charge in [-0.25, -0.2) is 0 Å². The lowest BCUT2D eigenvalue weighted by Gasteiger charge is -2.62. The number of phenolic OH excluding ortho intramolecular Hbond substituents is 1. The molecule has 1 amide bonds. The lowest BCUT2D eigenvalue weighted by atomic mass is 9.45. The number of carbonyl (C=O) groups is 3. The van der Waals surface area contributed by atoms with Crippen molar-refractivity contribution < 1.29 is 60.9 Å². The van der Waals surface area contributed by atoms with Crippen LogP contribution in [0.5, 0.6) is 5.75 Å². The summed E-state index contributed by atoms with van der Waals surface area (Å²) in [7, 11) is 2.26. The van der Waals surface area contributed by atoms with Crippen molar-refractivity contribution >= 4 is 35.3 Å². The van der Waals surface area contributed by atoms with E-state index in [-0.39, 0.29) is 0 Å². The number of aliphatic hydroxyl groups is 3. The van der Waals surface area contributed by atoms with Crippen LogP contribution in [0.3, 0.4) is 0 Å². The number of nitrogens with two attached hydrogens (primary N) is 3. The molecular formula is C24H22F5N5O8S. The average Bonchev–Trinajstić information content (AvgIpc) is 2.86. The first kappa shape index (κ1) is 32.1. The molecule has 6 atom stereocenters. The molecule has 0 heterocycles. The fourth-order valence-corrected chi connectivity index (χ4v) is 6.61. The van der Waals surface area contributed by atoms with Crippen LogP contribution in [0.1, 0.15) is 17.2 Å². The SMILES string of the molecule is CN(C)[C@@H]1C(=O)C(C(N)=O)=C(O)[C@@]2(C#N)C(=O)C3=C(O)c4c(O)cccc4[C@H](OSC(F)(F)C(F)(F)F)[C@@]3(N)[C@H](O)[C@@]12N. The van der Waals surface area contributed by atoms with Gasteiger partial charge in [0.15, 0.2) is 17.0 Å². The van der Waals surface area contributed by atoms with Gasteiger partial charge in [-0.05, 0) is 25.7 Å². The Balaban J connectivity index is 2.15. The first-order valence-electron chi connectivity index (χ1n) is 11.8. The van der Waals surface area contributed by atoms with E-state index in [4.69, 9.17) is 21.4 Å². The Morgan fingerprint density at radius 1 is 1.14 bits per heavy atom. The highest BCUT2D eigenvalue weighted by atomic mass is 32.2. The van der Waals surface area contributed by atoms with Crippen LogP contribution in [-0.4, -0.2) is 91.5 Å². The van der Waals surface area contributed by atoms with E-state index in [1.54, 1.807) is 0 Å². The summed E-state index contributed by atoms with van der Waals surface area (Å²) in [6.45, 7) is 0. The van der Waals surface area contributed by atoms with Crippen molar-refractivity contribution in [2.24, 2.45) is 22.6 Å². The van der Waals surface area contributed by atoms with E-state index in [0.29, 0.717) is 0 Å². The Hall–Kier alpha value is -3.80. The van der Waals surface area contributed by atoms with E-state index in [1.807, 2.05) is 0 Å². The number of phenols is 1. The standard InChI is InChI=1S/C24H22F5N5O8S/c1-34(2)14-13(37)10(18(31)40)15(38)20(6-30)16(39)11-12(36)9-7(4-3-5-8(9)35)17(21(11,32)19(41)22(14,20)33)42-43-24(28,29)23(25,26)27/h3-5,14,17,19,35-36,38,41H,32-33H2,1-2H3,(H2,31,40)/t14-,17+,19+,20+,21-,22+/m1/s1. The van der Waals surface area contributed by atoms with Crippen molar-refractivity contribution in [1.82, 2.24) is 4.90 Å². The van der Waals surface area contributed by atoms with Gasteiger partial charge in [-0.1, -0.05) is 12.1 Å². The normalized spacial score (nSPS) is 32.7. The Labute approximate surface area is 242 Å². The number of likely N-dealkylation sites (N-methyl/N-ethyl adjacent to an activating group) is 1. The zero-order chi connectivity index (χ0) is 32.8. The second-order valence-electron chi connectivity index (χ2n) is 10.3. The number of halogens is 5. The molecule has 1 saturated carbocycles. The molecule has 0 unspecified atom stereocenters. The van der Waals surface area contributed by atoms with E-state index in [1.165, 1.54) is 6.07 Å². The lowest BCUT2D eigenvalue weighted by Crippen LogP contribution is -2.87. The Morgan fingerprint density at radius 2 is 1.72 bits per heavy atom. The van der Waals surface area contributed by atoms with Gasteiger partial charge < -0.3 is 37.6 Å². The second-order valence-corrected chi connectivity index (χ2v) is 11.2. The molecule has 3 aliphatic carbocycles. The maximum absolute atomic E-state index is 14.3. The number of carbonyl (C=O) groups excluding carboxylic acids is 3. The summed E-state index contributed by atoms with van der Waals surface area (Å²) in [5.41, 5.74) is 4.55. The summed E-state index contributed by atoms with van der Waals surface area (Å²) >= 11 is -1.48. The van der Waals surface area contributed by atoms with Crippen molar-refractivity contribution in [3.05, 3.63) is 46.2 Å². The third-order valence-electron chi connectivity index (χ3n) is 7.87. The largest absolute Gasteiger partial charge is 0.509 e. The van der Waals surface area contributed by atoms with E-state index in [0.717, 1.165) is 37.2 Å². The highest BCUT2D eigenvalue weighted by Crippen LogP contribution is 2.62. The van der Waals surface area contributed by atoms with Crippen LogP contribution in [0.2, 0.25) is 0 Å². The first-order valence-corrected chi connectivity index (χ1v) is 12.6. The zero-order valence-electron chi connectivity index (χ0n) is 21.8. The number of hydrogen-bond donors (Lipinski definition) is 7. The van der Waals surface area contributed by atoms with Gasteiger partial charge in [0, 0.05) is 0 Å². The maximum Gasteiger partial charge on any atom is 0.466 e. The van der Waals surface area contributed by atoms with Crippen molar-refractivity contribution in [2.75, 3.05) is 14.1 Å². The van der Waals surface area contributed by atoms with Crippen molar-refractivity contribution in [3.8, 4) is 11.8 Å². The number of nitriles is 1. The van der Waals surface area contributed by atoms with Gasteiger partial charge in [-0.2, -0.15) is 27.2 Å². The number of aromatic hydroxyl groups is 1. The second kappa shape index (κ2) is 9.60. The van der Waals surface area contributed by atoms with Crippen molar-refractivity contribution in [1.29, 1.82) is 5.26 Å². The molecule has 1 aromatic carbocycles. The predicted molar refractivity (Wildman–Crippen MR) is 134 cm³/mol. The summed E-state index contributed by atoms with van der Waals surface area (Å²) in [6, 6.07) is 2.14. The van der Waals surface area contributed by atoms with Crippen LogP contribution >= 0.6 is 12.0 Å². The van der Waals surface area contributed by atoms with Gasteiger partial charge in [-0.15, -0.1) is 0 Å². The van der Waals surface area contributed by atoms with Crippen LogP contribution in [-0.2, 0) is 18.6 Å². The summed E-state index contributed by atoms with van der Waals surface area (Å²) in [5.74, 6) is -8.69. The van der Waals surface area contributed by atoms with E-state index in [9.17, 15) is 62.0 Å². The van der Waals surface area contributed by atoms with Gasteiger partial charge in [0.25, 0.3) is 5.91 Å². The number of amides is 1. The number of fused-ring (bicyclic) bond motifs is 3. The maximum atomic E-state index is 14.3. The fraction of sp³-hybridized carbons (Fsp3) is 0.417. The number of rotatable bonds is 5. The molecule has 4 rings (SSSR count). The van der Waals surface area contributed by atoms with Gasteiger partial charge in [-0.3, -0.25) is 23.5 Å². The topological polar surface area (TPSA) is 246 Å². The molecule has 0 bridgehead atoms. The minimum Gasteiger partial charge on any atom is -0.509 e. The lowest BCUT2D eigenvalue weighted by molar-refractivity contribution is -0.240. The van der Waals surface area contributed by atoms with Crippen LogP contribution < -0.4 is 17.2 Å². The Morgan fingerprint density at radius 3 is 2.21 bits per heavy atom. The smallest absolute Gasteiger partial charge is 0.466 e. The fourth-order valence-electron chi connectivity index (χ4n) is 6.03. The predicted octanol–water partition coefficient (Wildman–Crippen LogP) is 0.195. The molecule has 0 aromatic heterocycles. The number of nitrogens with zero attached hydrogens (tertiary/aromatic N) is 2. The van der Waals surface area contributed by atoms with Gasteiger partial charge in [0.05, 0.1) is 35.3 Å². The van der Waals surface area contributed by atoms with E-state index in [2.05, 4.69) is 0 Å². The molecular weight excluding hydrogens is 613 g/mol. The van der Waals surface area contributed by atoms with Gasteiger partial charge in [0.2, 0.25) is 0 Å². The van der Waals surface area contributed by atoms with Crippen LogP contribution in [0.25, 0.3) is 5.76 Å². The quantitative estimate of drug-likeness (QED) is 0.130. The monoisotopic (exact) mass is 635 g/mol. The Kier molecular flexibility index (Phi) is 7.17. The molecule has 0 aliphatic heterocycles. The third kappa shape index (κ3) is 3.77. The first-order chi connectivity index (χ1) is 19.6. The zero-order valence-corrected chi connectivity index (χ0v) is 22.6. The molecule has 10 N–H and O–H groups in total. The molecule has 1 fully saturated rings. The minimum absolute atomic E-state index is 0.615. The van der Waals surface area contributed by atoms with Crippen molar-refractivity contribution in [2.45, 2.75) is 40.8 Å². The van der Waals surface area contributed by atoms with Gasteiger partial charge in [0.1, 0.15) is 46.1 Å². The van der Waals surface area contributed by atoms with Crippen molar-refractivity contribution in [3.63, 3.8) is 0 Å². The molecule has 1 aromatic rings. The van der Waals surface area contributed by atoms with Crippen LogP contribution in [0.4, 0.5) is 22.0 Å². The third-order valence-corrected chi connectivity index (χ3v) is 8.60. The minimum atomic E-state index is -6.18. The number of primary amides is 1. The summed E-state index contributed by atoms with van der Waals surface area (Å²) < 4.78 is 72.0. The van der Waals surface area contributed by atoms with Crippen LogP contribution in [0.15, 0.2) is 35.1 Å². The molecule has 232 valence electrons.